The molecule has 2 aromatic carbocycles. The lowest BCUT2D eigenvalue weighted by atomic mass is 9.67. The number of phenols is 1. The number of ether oxygens (including phenoxy) is 2. The Morgan fingerprint density at radius 1 is 0.972 bits per heavy atom. The Balaban J connectivity index is 2.36. The maximum absolute atomic E-state index is 13.9. The number of hydrogen-bond acceptors (Lipinski definition) is 7. The molecule has 2 aromatic rings. The van der Waals surface area contributed by atoms with Crippen LogP contribution in [0, 0.1) is 11.5 Å². The summed E-state index contributed by atoms with van der Waals surface area (Å²) in [6, 6.07) is 8.16. The minimum absolute atomic E-state index is 0.172. The summed E-state index contributed by atoms with van der Waals surface area (Å²) < 4.78 is 10.2. The van der Waals surface area contributed by atoms with Crippen LogP contribution >= 0.6 is 0 Å². The molecule has 2 atom stereocenters. The number of methoxy groups -OCH3 is 1. The van der Waals surface area contributed by atoms with Crippen LogP contribution < -0.4 is 0 Å². The second kappa shape index (κ2) is 10.1. The number of rotatable bonds is 7. The normalized spacial score (nSPS) is 22.3. The molecule has 0 saturated heterocycles. The van der Waals surface area contributed by atoms with Gasteiger partial charge in [0.1, 0.15) is 20.6 Å². The smallest absolute Gasteiger partial charge is 0.227 e. The maximum Gasteiger partial charge on any atom is 0.227 e. The number of hydrogen-bond donors (Lipinski definition) is 3. The predicted molar refractivity (Wildman–Crippen MR) is 141 cm³/mol. The Hall–Kier alpha value is -2.54. The zero-order valence-corrected chi connectivity index (χ0v) is 23.0. The Labute approximate surface area is 213 Å². The summed E-state index contributed by atoms with van der Waals surface area (Å²) in [5, 5.41) is 35.5. The predicted octanol–water partition coefficient (Wildman–Crippen LogP) is 4.23. The van der Waals surface area contributed by atoms with E-state index < -0.39 is 43.2 Å². The van der Waals surface area contributed by atoms with E-state index in [0.717, 1.165) is 0 Å². The molecule has 0 aliphatic heterocycles. The van der Waals surface area contributed by atoms with Gasteiger partial charge in [0.15, 0.2) is 5.60 Å². The van der Waals surface area contributed by atoms with Crippen molar-refractivity contribution in [3.63, 3.8) is 0 Å². The summed E-state index contributed by atoms with van der Waals surface area (Å²) >= 11 is 0. The van der Waals surface area contributed by atoms with E-state index in [0.29, 0.717) is 10.8 Å². The van der Waals surface area contributed by atoms with E-state index in [2.05, 4.69) is 53.0 Å². The van der Waals surface area contributed by atoms with Gasteiger partial charge in [-0.2, -0.15) is 0 Å². The quantitative estimate of drug-likeness (QED) is 0.220. The van der Waals surface area contributed by atoms with E-state index in [1.54, 1.807) is 24.3 Å². The van der Waals surface area contributed by atoms with Crippen LogP contribution in [-0.4, -0.2) is 66.7 Å². The fourth-order valence-corrected chi connectivity index (χ4v) is 11.0. The number of aliphatic hydroxyl groups is 2. The van der Waals surface area contributed by atoms with Crippen LogP contribution in [0.5, 0.6) is 5.75 Å². The average Bonchev–Trinajstić information content (AvgIpc) is 2.81. The third-order valence-corrected chi connectivity index (χ3v) is 13.9. The van der Waals surface area contributed by atoms with Gasteiger partial charge >= 0.3 is 0 Å². The fraction of sp³-hybridized carbons (Fsp3) is 0.500. The average molecular weight is 513 g/mol. The topological polar surface area (TPSA) is 113 Å². The highest BCUT2D eigenvalue weighted by Gasteiger charge is 2.64. The SMILES string of the molecule is COCOC[C@@]1(O)C(=O)c2cc3ccccc3c(O)c2C(=O)[C@@]1(O)C#C[Si](C(C)C)(C(C)C)C(C)C. The highest BCUT2D eigenvalue weighted by atomic mass is 28.3. The molecule has 0 unspecified atom stereocenters. The lowest BCUT2D eigenvalue weighted by Crippen LogP contribution is -2.68. The third kappa shape index (κ3) is 4.09. The van der Waals surface area contributed by atoms with Crippen molar-refractivity contribution in [1.29, 1.82) is 0 Å². The summed E-state index contributed by atoms with van der Waals surface area (Å²) in [7, 11) is -1.11. The first-order valence-corrected chi connectivity index (χ1v) is 14.4. The summed E-state index contributed by atoms with van der Waals surface area (Å²) in [6.07, 6.45) is 0. The van der Waals surface area contributed by atoms with E-state index in [1.165, 1.54) is 13.2 Å². The second-order valence-electron chi connectivity index (χ2n) is 10.5. The molecule has 0 fully saturated rings. The fourth-order valence-electron chi connectivity index (χ4n) is 5.73. The molecular formula is C28H36O7Si. The van der Waals surface area contributed by atoms with Gasteiger partial charge in [0.05, 0.1) is 12.2 Å². The third-order valence-electron chi connectivity index (χ3n) is 7.63. The molecule has 0 heterocycles. The molecule has 7 nitrogen and oxygen atoms in total. The van der Waals surface area contributed by atoms with Crippen LogP contribution in [0.4, 0.5) is 0 Å². The van der Waals surface area contributed by atoms with E-state index in [4.69, 9.17) is 9.47 Å². The summed E-state index contributed by atoms with van der Waals surface area (Å²) in [5.74, 6) is 0.304. The van der Waals surface area contributed by atoms with Crippen molar-refractivity contribution in [1.82, 2.24) is 0 Å². The van der Waals surface area contributed by atoms with Crippen molar-refractivity contribution in [2.24, 2.45) is 0 Å². The van der Waals surface area contributed by atoms with Crippen LogP contribution in [-0.2, 0) is 9.47 Å². The van der Waals surface area contributed by atoms with E-state index in [1.807, 2.05) is 0 Å². The highest BCUT2D eigenvalue weighted by molar-refractivity contribution is 6.90. The molecule has 3 rings (SSSR count). The van der Waals surface area contributed by atoms with Crippen molar-refractivity contribution >= 4 is 30.4 Å². The molecular weight excluding hydrogens is 476 g/mol. The number of carbonyl (C=O) groups excluding carboxylic acids is 2. The molecule has 3 N–H and O–H groups in total. The van der Waals surface area contributed by atoms with Gasteiger partial charge in [-0.05, 0) is 28.1 Å². The lowest BCUT2D eigenvalue weighted by molar-refractivity contribution is -0.135. The molecule has 0 saturated carbocycles. The first kappa shape index (κ1) is 28.0. The minimum atomic E-state index is -2.83. The first-order chi connectivity index (χ1) is 16.8. The van der Waals surface area contributed by atoms with Crippen LogP contribution in [0.3, 0.4) is 0 Å². The van der Waals surface area contributed by atoms with E-state index in [-0.39, 0.29) is 34.5 Å². The van der Waals surface area contributed by atoms with Crippen molar-refractivity contribution < 1.29 is 34.4 Å². The van der Waals surface area contributed by atoms with E-state index >= 15 is 0 Å². The van der Waals surface area contributed by atoms with Gasteiger partial charge in [0.25, 0.3) is 0 Å². The van der Waals surface area contributed by atoms with Gasteiger partial charge in [-0.1, -0.05) is 71.7 Å². The highest BCUT2D eigenvalue weighted by Crippen LogP contribution is 2.45. The zero-order chi connectivity index (χ0) is 27.1. The largest absolute Gasteiger partial charge is 0.507 e. The lowest BCUT2D eigenvalue weighted by Gasteiger charge is -2.42. The molecule has 0 aromatic heterocycles. The number of aromatic hydroxyl groups is 1. The first-order valence-electron chi connectivity index (χ1n) is 12.2. The van der Waals surface area contributed by atoms with Gasteiger partial charge in [-0.15, -0.1) is 5.54 Å². The molecule has 194 valence electrons. The summed E-state index contributed by atoms with van der Waals surface area (Å²) in [4.78, 5) is 27.7. The number of benzene rings is 2. The van der Waals surface area contributed by atoms with Crippen molar-refractivity contribution in [2.45, 2.75) is 69.4 Å². The van der Waals surface area contributed by atoms with Crippen LogP contribution in [0.15, 0.2) is 30.3 Å². The number of phenolic OH excluding ortho intramolecular Hbond substituents is 1. The van der Waals surface area contributed by atoms with Gasteiger partial charge in [-0.3, -0.25) is 9.59 Å². The number of Topliss-reactive ketones (excluding diaryl/α,β-unsaturated/α-hetero) is 2. The Morgan fingerprint density at radius 2 is 1.56 bits per heavy atom. The Bertz CT molecular complexity index is 1220. The molecule has 0 bridgehead atoms. The maximum atomic E-state index is 13.9. The van der Waals surface area contributed by atoms with Crippen LogP contribution in [0.1, 0.15) is 62.3 Å². The zero-order valence-electron chi connectivity index (χ0n) is 22.0. The molecule has 1 aliphatic rings. The molecule has 1 aliphatic carbocycles. The van der Waals surface area contributed by atoms with Crippen LogP contribution in [0.2, 0.25) is 16.6 Å². The van der Waals surface area contributed by atoms with Crippen molar-refractivity contribution in [3.8, 4) is 17.2 Å². The second-order valence-corrected chi connectivity index (χ2v) is 16.1. The minimum Gasteiger partial charge on any atom is -0.507 e. The number of fused-ring (bicyclic) bond motifs is 2. The summed E-state index contributed by atoms with van der Waals surface area (Å²) in [6.45, 7) is 11.4. The number of ketones is 2. The van der Waals surface area contributed by atoms with Crippen molar-refractivity contribution in [2.75, 3.05) is 20.5 Å². The van der Waals surface area contributed by atoms with Gasteiger partial charge in [-0.25, -0.2) is 0 Å². The molecule has 8 heteroatoms. The number of carbonyl (C=O) groups is 2. The van der Waals surface area contributed by atoms with E-state index in [9.17, 15) is 24.9 Å². The molecule has 36 heavy (non-hydrogen) atoms. The molecule has 0 radical (unpaired) electrons. The molecule has 0 amide bonds. The standard InChI is InChI=1S/C28H36O7Si/c1-17(2)36(18(3)4,19(5)6)13-12-27(32)26(31)23-22(25(30)28(27,33)15-35-16-34-7)14-20-10-8-9-11-21(20)24(23)29/h8-11,14,17-19,29,32-33H,15-16H2,1-7H3/t27-,28+/m0/s1. The van der Waals surface area contributed by atoms with Crippen molar-refractivity contribution in [3.05, 3.63) is 41.5 Å². The monoisotopic (exact) mass is 512 g/mol. The Kier molecular flexibility index (Phi) is 7.85. The van der Waals surface area contributed by atoms with Gasteiger partial charge in [0, 0.05) is 18.1 Å². The van der Waals surface area contributed by atoms with Crippen LogP contribution in [0.25, 0.3) is 10.8 Å². The molecule has 0 spiro atoms. The summed E-state index contributed by atoms with van der Waals surface area (Å²) in [5.41, 5.74) is -2.30. The Morgan fingerprint density at radius 3 is 2.11 bits per heavy atom. The van der Waals surface area contributed by atoms with Gasteiger partial charge in [0.2, 0.25) is 17.2 Å². The van der Waals surface area contributed by atoms with Gasteiger partial charge < -0.3 is 24.8 Å².